The number of hydrogen-bond donors (Lipinski definition) is 0. The van der Waals surface area contributed by atoms with Gasteiger partial charge in [0.05, 0.1) is 48.0 Å². The molecule has 0 N–H and O–H groups in total. The van der Waals surface area contributed by atoms with Crippen molar-refractivity contribution in [2.24, 2.45) is 16.9 Å². The molecule has 0 radical (unpaired) electrons. The van der Waals surface area contributed by atoms with Crippen molar-refractivity contribution in [3.63, 3.8) is 0 Å². The number of anilines is 1. The number of fused-ring (bicyclic) bond motifs is 1. The maximum absolute atomic E-state index is 13.4. The van der Waals surface area contributed by atoms with Crippen LogP contribution < -0.4 is 24.0 Å². The van der Waals surface area contributed by atoms with Crippen molar-refractivity contribution in [3.8, 4) is 23.0 Å². The van der Waals surface area contributed by atoms with Crippen molar-refractivity contribution in [2.75, 3.05) is 24.8 Å². The number of ether oxygens (including phenoxy) is 5. The Morgan fingerprint density at radius 1 is 0.873 bits per heavy atom. The van der Waals surface area contributed by atoms with E-state index in [1.165, 1.54) is 23.6 Å². The third-order valence-corrected chi connectivity index (χ3v) is 9.84. The number of unbranched alkanes of at least 4 members (excludes halogenated alkanes) is 3. The molecule has 3 aromatic carbocycles. The highest BCUT2D eigenvalue weighted by Crippen LogP contribution is 2.33. The molecule has 12 nitrogen and oxygen atoms in total. The van der Waals surface area contributed by atoms with Gasteiger partial charge in [0, 0.05) is 11.6 Å². The van der Waals surface area contributed by atoms with E-state index >= 15 is 0 Å². The SMILES string of the molecule is C=CC(=O)OCCCCCCOc1ccc(OC(=O)[C@H]2CC[C@H](C(=O)Oc3ccc(OC=O)cc3/C=N/N(CC(=C)C)c3nc4ccccc4s3)CC2)cc1. The first-order chi connectivity index (χ1) is 26.7. The normalized spacial score (nSPS) is 15.2. The average Bonchev–Trinajstić information content (AvgIpc) is 3.63. The van der Waals surface area contributed by atoms with E-state index in [-0.39, 0.29) is 23.4 Å². The van der Waals surface area contributed by atoms with Crippen molar-refractivity contribution in [1.29, 1.82) is 0 Å². The van der Waals surface area contributed by atoms with E-state index in [0.29, 0.717) is 74.1 Å². The van der Waals surface area contributed by atoms with Crippen LogP contribution in [0.25, 0.3) is 10.2 Å². The standard InChI is InChI=1S/C42H45N3O9S/c1-4-39(47)51-24-10-6-5-9-23-50-33-17-19-34(20-18-33)53-40(48)30-13-15-31(16-14-30)41(49)54-37-22-21-35(52-28-46)25-32(37)26-43-45(27-29(2)3)42-44-36-11-7-8-12-38(36)55-42/h4,7-8,11-12,17-22,25-26,28,30-31H,1-2,5-6,9-10,13-16,23-24,27H2,3H3/b43-26+/t30-,31-. The number of aromatic nitrogens is 1. The topological polar surface area (TPSA) is 143 Å². The minimum atomic E-state index is -0.417. The molecule has 1 fully saturated rings. The van der Waals surface area contributed by atoms with Crippen LogP contribution in [0.15, 0.2) is 96.6 Å². The van der Waals surface area contributed by atoms with Crippen LogP contribution in [-0.2, 0) is 23.9 Å². The first kappa shape index (κ1) is 40.4. The van der Waals surface area contributed by atoms with E-state index in [2.05, 4.69) is 18.3 Å². The average molecular weight is 768 g/mol. The zero-order chi connectivity index (χ0) is 39.0. The molecular formula is C42H45N3O9S. The molecule has 0 unspecified atom stereocenters. The van der Waals surface area contributed by atoms with Gasteiger partial charge in [-0.15, -0.1) is 0 Å². The van der Waals surface area contributed by atoms with Crippen LogP contribution in [0.5, 0.6) is 23.0 Å². The van der Waals surface area contributed by atoms with E-state index in [4.69, 9.17) is 28.7 Å². The van der Waals surface area contributed by atoms with Gasteiger partial charge in [-0.05, 0) is 113 Å². The largest absolute Gasteiger partial charge is 0.494 e. The summed E-state index contributed by atoms with van der Waals surface area (Å²) in [6, 6.07) is 19.4. The third kappa shape index (κ3) is 12.4. The van der Waals surface area contributed by atoms with Gasteiger partial charge < -0.3 is 23.7 Å². The lowest BCUT2D eigenvalue weighted by molar-refractivity contribution is -0.145. The quantitative estimate of drug-likeness (QED) is 0.0125. The first-order valence-corrected chi connectivity index (χ1v) is 19.0. The number of carbonyl (C=O) groups is 4. The van der Waals surface area contributed by atoms with Gasteiger partial charge in [0.2, 0.25) is 5.13 Å². The zero-order valence-corrected chi connectivity index (χ0v) is 31.7. The van der Waals surface area contributed by atoms with Gasteiger partial charge in [-0.3, -0.25) is 14.4 Å². The number of para-hydroxylation sites is 1. The van der Waals surface area contributed by atoms with Crippen LogP contribution in [0.2, 0.25) is 0 Å². The molecule has 0 atom stereocenters. The maximum Gasteiger partial charge on any atom is 0.330 e. The summed E-state index contributed by atoms with van der Waals surface area (Å²) in [6.07, 6.45) is 8.12. The summed E-state index contributed by atoms with van der Waals surface area (Å²) in [5, 5.41) is 7.06. The Hall–Kier alpha value is -5.82. The van der Waals surface area contributed by atoms with E-state index < -0.39 is 17.9 Å². The summed E-state index contributed by atoms with van der Waals surface area (Å²) < 4.78 is 28.4. The van der Waals surface area contributed by atoms with E-state index in [1.807, 2.05) is 31.2 Å². The molecule has 0 bridgehead atoms. The summed E-state index contributed by atoms with van der Waals surface area (Å²) in [5.74, 6) is -0.292. The Kier molecular flexibility index (Phi) is 15.1. The lowest BCUT2D eigenvalue weighted by atomic mass is 9.82. The second kappa shape index (κ2) is 20.6. The number of nitrogens with zero attached hydrogens (tertiary/aromatic N) is 3. The van der Waals surface area contributed by atoms with Crippen LogP contribution in [0, 0.1) is 11.8 Å². The maximum atomic E-state index is 13.4. The molecule has 0 saturated heterocycles. The van der Waals surface area contributed by atoms with Crippen LogP contribution in [0.1, 0.15) is 63.9 Å². The molecule has 4 aromatic rings. The highest BCUT2D eigenvalue weighted by molar-refractivity contribution is 7.22. The number of thiazole rings is 1. The van der Waals surface area contributed by atoms with Gasteiger partial charge in [0.15, 0.2) is 0 Å². The van der Waals surface area contributed by atoms with Gasteiger partial charge in [0.1, 0.15) is 23.0 Å². The lowest BCUT2D eigenvalue weighted by Crippen LogP contribution is -2.30. The number of hydrazone groups is 1. The van der Waals surface area contributed by atoms with E-state index in [9.17, 15) is 19.2 Å². The monoisotopic (exact) mass is 767 g/mol. The third-order valence-electron chi connectivity index (χ3n) is 8.79. The van der Waals surface area contributed by atoms with Gasteiger partial charge in [0.25, 0.3) is 6.47 Å². The number of rotatable bonds is 20. The molecule has 5 rings (SSSR count). The Bertz CT molecular complexity index is 1950. The highest BCUT2D eigenvalue weighted by Gasteiger charge is 2.32. The van der Waals surface area contributed by atoms with Crippen molar-refractivity contribution in [1.82, 2.24) is 4.98 Å². The molecule has 1 aromatic heterocycles. The molecule has 0 aliphatic heterocycles. The smallest absolute Gasteiger partial charge is 0.330 e. The van der Waals surface area contributed by atoms with E-state index in [0.717, 1.165) is 47.5 Å². The summed E-state index contributed by atoms with van der Waals surface area (Å²) in [7, 11) is 0. The van der Waals surface area contributed by atoms with Gasteiger partial charge >= 0.3 is 17.9 Å². The van der Waals surface area contributed by atoms with Gasteiger partial charge in [-0.25, -0.2) is 14.8 Å². The molecule has 288 valence electrons. The molecule has 1 saturated carbocycles. The Labute approximate surface area is 324 Å². The highest BCUT2D eigenvalue weighted by atomic mass is 32.1. The summed E-state index contributed by atoms with van der Waals surface area (Å²) >= 11 is 1.49. The summed E-state index contributed by atoms with van der Waals surface area (Å²) in [4.78, 5) is 53.2. The van der Waals surface area contributed by atoms with Crippen LogP contribution in [0.3, 0.4) is 0 Å². The number of benzene rings is 3. The first-order valence-electron chi connectivity index (χ1n) is 18.2. The molecule has 1 aliphatic rings. The predicted molar refractivity (Wildman–Crippen MR) is 211 cm³/mol. The van der Waals surface area contributed by atoms with Gasteiger partial charge in [-0.2, -0.15) is 5.10 Å². The van der Waals surface area contributed by atoms with Crippen molar-refractivity contribution < 1.29 is 42.9 Å². The van der Waals surface area contributed by atoms with Crippen LogP contribution in [-0.4, -0.2) is 55.3 Å². The Balaban J connectivity index is 1.11. The molecular weight excluding hydrogens is 723 g/mol. The second-order valence-corrected chi connectivity index (χ2v) is 14.1. The lowest BCUT2D eigenvalue weighted by Gasteiger charge is -2.26. The predicted octanol–water partition coefficient (Wildman–Crippen LogP) is 8.23. The number of hydrogen-bond acceptors (Lipinski definition) is 13. The number of carbonyl (C=O) groups excluding carboxylic acids is 4. The fraction of sp³-hybridized carbons (Fsp3) is 0.333. The molecule has 0 amide bonds. The Morgan fingerprint density at radius 3 is 2.20 bits per heavy atom. The molecule has 13 heteroatoms. The van der Waals surface area contributed by atoms with Crippen molar-refractivity contribution in [3.05, 3.63) is 97.1 Å². The fourth-order valence-electron chi connectivity index (χ4n) is 5.90. The molecule has 1 aliphatic carbocycles. The van der Waals surface area contributed by atoms with Crippen molar-refractivity contribution in [2.45, 2.75) is 58.3 Å². The van der Waals surface area contributed by atoms with Gasteiger partial charge in [-0.1, -0.05) is 42.2 Å². The van der Waals surface area contributed by atoms with Crippen LogP contribution >= 0.6 is 11.3 Å². The number of esters is 3. The molecule has 0 spiro atoms. The summed E-state index contributed by atoms with van der Waals surface area (Å²) in [6.45, 7) is 11.0. The molecule has 1 heterocycles. The van der Waals surface area contributed by atoms with Crippen LogP contribution in [0.4, 0.5) is 5.13 Å². The summed E-state index contributed by atoms with van der Waals surface area (Å²) in [5.41, 5.74) is 2.14. The van der Waals surface area contributed by atoms with Crippen molar-refractivity contribution >= 4 is 57.3 Å². The molecule has 55 heavy (non-hydrogen) atoms. The van der Waals surface area contributed by atoms with E-state index in [1.54, 1.807) is 41.4 Å². The minimum absolute atomic E-state index is 0.254. The second-order valence-electron chi connectivity index (χ2n) is 13.1. The minimum Gasteiger partial charge on any atom is -0.494 e. The zero-order valence-electron chi connectivity index (χ0n) is 30.9. The Morgan fingerprint density at radius 2 is 1.53 bits per heavy atom. The fourth-order valence-corrected chi connectivity index (χ4v) is 6.83.